The fraction of sp³-hybridized carbons (Fsp3) is 0.737. The average molecular weight is 292 g/mol. The Bertz CT molecular complexity index is 417. The number of ether oxygens (including phenoxy) is 1. The molecule has 1 aliphatic rings. The molecule has 0 saturated carbocycles. The third kappa shape index (κ3) is 4.06. The first-order valence-corrected chi connectivity index (χ1v) is 8.43. The number of hydrogen-bond donors (Lipinski definition) is 0. The van der Waals surface area contributed by atoms with Crippen LogP contribution in [0.2, 0.25) is 0 Å². The van der Waals surface area contributed by atoms with E-state index < -0.39 is 5.60 Å². The molecule has 0 aliphatic heterocycles. The fourth-order valence-electron chi connectivity index (χ4n) is 3.30. The highest BCUT2D eigenvalue weighted by Gasteiger charge is 2.43. The molecule has 0 spiro atoms. The van der Waals surface area contributed by atoms with Crippen LogP contribution in [0.3, 0.4) is 0 Å². The normalized spacial score (nSPS) is 22.4. The van der Waals surface area contributed by atoms with Gasteiger partial charge in [-0.1, -0.05) is 50.7 Å². The zero-order chi connectivity index (χ0) is 15.9. The third-order valence-corrected chi connectivity index (χ3v) is 4.89. The molecule has 1 aliphatic carbocycles. The van der Waals surface area contributed by atoms with E-state index in [2.05, 4.69) is 26.8 Å². The van der Waals surface area contributed by atoms with Crippen LogP contribution in [-0.4, -0.2) is 18.5 Å². The maximum absolute atomic E-state index is 12.8. The first-order chi connectivity index (χ1) is 10.0. The molecule has 2 heteroatoms. The molecule has 0 aromatic heterocycles. The second-order valence-electron chi connectivity index (χ2n) is 6.32. The van der Waals surface area contributed by atoms with Crippen LogP contribution in [0.25, 0.3) is 0 Å². The van der Waals surface area contributed by atoms with Gasteiger partial charge >= 0.3 is 0 Å². The Morgan fingerprint density at radius 1 is 1.14 bits per heavy atom. The van der Waals surface area contributed by atoms with Crippen LogP contribution in [0.1, 0.15) is 79.1 Å². The van der Waals surface area contributed by atoms with E-state index in [1.165, 1.54) is 31.3 Å². The Balaban J connectivity index is 2.64. The molecule has 0 radical (unpaired) electrons. The highest BCUT2D eigenvalue weighted by Crippen LogP contribution is 2.38. The van der Waals surface area contributed by atoms with Gasteiger partial charge in [-0.05, 0) is 44.8 Å². The lowest BCUT2D eigenvalue weighted by Gasteiger charge is -2.37. The van der Waals surface area contributed by atoms with Crippen molar-refractivity contribution in [2.45, 2.75) is 84.7 Å². The summed E-state index contributed by atoms with van der Waals surface area (Å²) in [5.41, 5.74) is 2.63. The maximum atomic E-state index is 12.8. The summed E-state index contributed by atoms with van der Waals surface area (Å²) in [5, 5.41) is 0. The van der Waals surface area contributed by atoms with Crippen molar-refractivity contribution in [3.63, 3.8) is 0 Å². The predicted octanol–water partition coefficient (Wildman–Crippen LogP) is 5.38. The van der Waals surface area contributed by atoms with E-state index >= 15 is 0 Å². The van der Waals surface area contributed by atoms with Crippen LogP contribution >= 0.6 is 0 Å². The van der Waals surface area contributed by atoms with E-state index in [1.807, 2.05) is 6.92 Å². The Kier molecular flexibility index (Phi) is 7.37. The Hall–Kier alpha value is -0.890. The minimum absolute atomic E-state index is 0.228. The molecule has 0 aromatic rings. The quantitative estimate of drug-likeness (QED) is 0.421. The molecule has 21 heavy (non-hydrogen) atoms. The van der Waals surface area contributed by atoms with Crippen LogP contribution < -0.4 is 0 Å². The molecule has 0 amide bonds. The van der Waals surface area contributed by atoms with E-state index in [9.17, 15) is 4.79 Å². The second-order valence-corrected chi connectivity index (χ2v) is 6.32. The molecule has 0 heterocycles. The van der Waals surface area contributed by atoms with Gasteiger partial charge in [0.15, 0.2) is 11.4 Å². The molecule has 0 bridgehead atoms. The van der Waals surface area contributed by atoms with Crippen LogP contribution in [0.15, 0.2) is 22.8 Å². The van der Waals surface area contributed by atoms with Gasteiger partial charge in [-0.25, -0.2) is 0 Å². The van der Waals surface area contributed by atoms with E-state index in [0.29, 0.717) is 6.42 Å². The molecule has 0 aromatic carbocycles. The third-order valence-electron chi connectivity index (χ3n) is 4.89. The second kappa shape index (κ2) is 8.53. The van der Waals surface area contributed by atoms with Gasteiger partial charge in [0.2, 0.25) is 0 Å². The zero-order valence-corrected chi connectivity index (χ0v) is 14.6. The number of methoxy groups -OCH3 is 1. The Morgan fingerprint density at radius 2 is 1.76 bits per heavy atom. The molecule has 1 rings (SSSR count). The van der Waals surface area contributed by atoms with Gasteiger partial charge in [-0.15, -0.1) is 0 Å². The number of carbonyl (C=O) groups is 1. The lowest BCUT2D eigenvalue weighted by atomic mass is 9.75. The average Bonchev–Trinajstić information content (AvgIpc) is 2.48. The highest BCUT2D eigenvalue weighted by atomic mass is 16.5. The fourth-order valence-corrected chi connectivity index (χ4v) is 3.30. The van der Waals surface area contributed by atoms with Crippen molar-refractivity contribution in [2.75, 3.05) is 7.11 Å². The summed E-state index contributed by atoms with van der Waals surface area (Å²) in [7, 11) is 1.67. The van der Waals surface area contributed by atoms with Gasteiger partial charge in [0.25, 0.3) is 0 Å². The monoisotopic (exact) mass is 292 g/mol. The number of Topliss-reactive ketones (excluding diaryl/α,β-unsaturated/α-hetero) is 1. The molecular weight excluding hydrogens is 260 g/mol. The van der Waals surface area contributed by atoms with Crippen LogP contribution in [0, 0.1) is 0 Å². The SMILES string of the molecule is CCCCCCCCC(=O)C1(OC)C(C)=CCC(C)=C1C. The topological polar surface area (TPSA) is 26.3 Å². The summed E-state index contributed by atoms with van der Waals surface area (Å²) in [6.07, 6.45) is 10.9. The lowest BCUT2D eigenvalue weighted by Crippen LogP contribution is -2.45. The summed E-state index contributed by atoms with van der Waals surface area (Å²) < 4.78 is 5.76. The van der Waals surface area contributed by atoms with E-state index in [0.717, 1.165) is 30.4 Å². The maximum Gasteiger partial charge on any atom is 0.173 e. The predicted molar refractivity (Wildman–Crippen MR) is 89.5 cm³/mol. The van der Waals surface area contributed by atoms with Gasteiger partial charge in [0, 0.05) is 13.5 Å². The van der Waals surface area contributed by atoms with E-state index in [4.69, 9.17) is 4.74 Å². The molecule has 1 atom stereocenters. The molecule has 120 valence electrons. The van der Waals surface area contributed by atoms with Crippen LogP contribution in [0.5, 0.6) is 0 Å². The van der Waals surface area contributed by atoms with Crippen molar-refractivity contribution in [1.82, 2.24) is 0 Å². The van der Waals surface area contributed by atoms with Gasteiger partial charge in [-0.3, -0.25) is 4.79 Å². The number of unbranched alkanes of at least 4 members (excludes halogenated alkanes) is 5. The number of rotatable bonds is 9. The summed E-state index contributed by atoms with van der Waals surface area (Å²) in [5.74, 6) is 0.228. The van der Waals surface area contributed by atoms with Gasteiger partial charge in [-0.2, -0.15) is 0 Å². The molecule has 2 nitrogen and oxygen atoms in total. The number of carbonyl (C=O) groups excluding carboxylic acids is 1. The summed E-state index contributed by atoms with van der Waals surface area (Å²) in [6, 6.07) is 0. The van der Waals surface area contributed by atoms with Crippen molar-refractivity contribution in [1.29, 1.82) is 0 Å². The highest BCUT2D eigenvalue weighted by molar-refractivity contribution is 5.94. The standard InChI is InChI=1S/C19H32O2/c1-6-7-8-9-10-11-12-18(20)19(21-5)16(3)14-13-15(2)17(19)4/h14H,6-13H2,1-5H3. The molecule has 1 unspecified atom stereocenters. The van der Waals surface area contributed by atoms with Crippen molar-refractivity contribution in [3.8, 4) is 0 Å². The number of hydrogen-bond acceptors (Lipinski definition) is 2. The minimum atomic E-state index is -0.786. The van der Waals surface area contributed by atoms with Crippen LogP contribution in [-0.2, 0) is 9.53 Å². The largest absolute Gasteiger partial charge is 0.362 e. The minimum Gasteiger partial charge on any atom is -0.362 e. The first kappa shape index (κ1) is 18.2. The number of ketones is 1. The smallest absolute Gasteiger partial charge is 0.173 e. The van der Waals surface area contributed by atoms with Crippen LogP contribution in [0.4, 0.5) is 0 Å². The molecular formula is C19H32O2. The van der Waals surface area contributed by atoms with E-state index in [1.54, 1.807) is 7.11 Å². The van der Waals surface area contributed by atoms with Crippen molar-refractivity contribution in [3.05, 3.63) is 22.8 Å². The molecule has 0 fully saturated rings. The van der Waals surface area contributed by atoms with E-state index in [-0.39, 0.29) is 5.78 Å². The molecule has 0 N–H and O–H groups in total. The first-order valence-electron chi connectivity index (χ1n) is 8.43. The summed E-state index contributed by atoms with van der Waals surface area (Å²) >= 11 is 0. The van der Waals surface area contributed by atoms with Gasteiger partial charge in [0.1, 0.15) is 0 Å². The lowest BCUT2D eigenvalue weighted by molar-refractivity contribution is -0.133. The molecule has 0 saturated heterocycles. The van der Waals surface area contributed by atoms with Crippen molar-refractivity contribution in [2.24, 2.45) is 0 Å². The number of allylic oxidation sites excluding steroid dienone is 2. The van der Waals surface area contributed by atoms with Crippen molar-refractivity contribution >= 4 is 5.78 Å². The van der Waals surface area contributed by atoms with Crippen molar-refractivity contribution < 1.29 is 9.53 Å². The zero-order valence-electron chi connectivity index (χ0n) is 14.6. The summed E-state index contributed by atoms with van der Waals surface area (Å²) in [4.78, 5) is 12.8. The summed E-state index contributed by atoms with van der Waals surface area (Å²) in [6.45, 7) is 8.40. The van der Waals surface area contributed by atoms with Gasteiger partial charge < -0.3 is 4.74 Å². The Labute approximate surface area is 130 Å². The van der Waals surface area contributed by atoms with Gasteiger partial charge in [0.05, 0.1) is 0 Å². The Morgan fingerprint density at radius 3 is 2.38 bits per heavy atom.